The van der Waals surface area contributed by atoms with Crippen LogP contribution in [0.3, 0.4) is 0 Å². The van der Waals surface area contributed by atoms with Crippen molar-refractivity contribution < 1.29 is 4.79 Å². The highest BCUT2D eigenvalue weighted by Crippen LogP contribution is 2.61. The fraction of sp³-hybridized carbons (Fsp3) is 0.750. The van der Waals surface area contributed by atoms with E-state index in [0.717, 1.165) is 31.1 Å². The second-order valence-electron chi connectivity index (χ2n) is 8.36. The van der Waals surface area contributed by atoms with Crippen LogP contribution in [0.25, 0.3) is 0 Å². The molecular formula is C20H28O. The first kappa shape index (κ1) is 13.8. The Morgan fingerprint density at radius 3 is 2.76 bits per heavy atom. The van der Waals surface area contributed by atoms with Crippen LogP contribution in [0.2, 0.25) is 0 Å². The molecule has 4 bridgehead atoms. The van der Waals surface area contributed by atoms with Crippen LogP contribution in [0.5, 0.6) is 0 Å². The molecule has 0 aromatic rings. The van der Waals surface area contributed by atoms with E-state index in [9.17, 15) is 4.79 Å². The molecule has 1 heteroatoms. The molecule has 0 amide bonds. The normalized spacial score (nSPS) is 45.9. The summed E-state index contributed by atoms with van der Waals surface area (Å²) in [4.78, 5) is 12.9. The lowest BCUT2D eigenvalue weighted by atomic mass is 9.49. The number of fused-ring (bicyclic) bond motifs is 2. The van der Waals surface area contributed by atoms with Gasteiger partial charge in [0.2, 0.25) is 0 Å². The van der Waals surface area contributed by atoms with Crippen molar-refractivity contribution in [3.8, 4) is 0 Å². The third-order valence-corrected chi connectivity index (χ3v) is 7.58. The highest BCUT2D eigenvalue weighted by molar-refractivity contribution is 5.85. The summed E-state index contributed by atoms with van der Waals surface area (Å²) >= 11 is 0. The molecular weight excluding hydrogens is 256 g/mol. The molecule has 1 nitrogen and oxygen atoms in total. The predicted molar refractivity (Wildman–Crippen MR) is 85.9 cm³/mol. The SMILES string of the molecule is CC1=CCCC2C(=O)CC3=C(C)[C@@H]4CC[C@]3(C)[C@@H](C4)C[C@H]12. The zero-order chi connectivity index (χ0) is 14.8. The van der Waals surface area contributed by atoms with E-state index in [2.05, 4.69) is 26.8 Å². The first-order chi connectivity index (χ1) is 10.0. The standard InChI is InChI=1S/C20H28O/c1-12-5-4-6-16-17(12)10-15-9-14-7-8-20(15,3)18(13(14)2)11-19(16)21/h5,14-17H,4,6-11H2,1-3H3/t14-,15+,16?,17-,20-/m1/s1. The maximum Gasteiger partial charge on any atom is 0.140 e. The Labute approximate surface area is 128 Å². The maximum atomic E-state index is 12.9. The zero-order valence-electron chi connectivity index (χ0n) is 13.7. The minimum Gasteiger partial charge on any atom is -0.299 e. The van der Waals surface area contributed by atoms with E-state index in [-0.39, 0.29) is 0 Å². The second kappa shape index (κ2) is 4.57. The minimum atomic E-state index is 0.320. The number of carbonyl (C=O) groups is 1. The van der Waals surface area contributed by atoms with Crippen LogP contribution >= 0.6 is 0 Å². The fourth-order valence-electron chi connectivity index (χ4n) is 6.09. The number of carbonyl (C=O) groups excluding carboxylic acids is 1. The Morgan fingerprint density at radius 1 is 1.14 bits per heavy atom. The lowest BCUT2D eigenvalue weighted by Gasteiger charge is -2.55. The average Bonchev–Trinajstić information content (AvgIpc) is 2.45. The van der Waals surface area contributed by atoms with E-state index in [1.807, 2.05) is 0 Å². The minimum absolute atomic E-state index is 0.320. The Hall–Kier alpha value is -0.850. The van der Waals surface area contributed by atoms with Crippen molar-refractivity contribution in [1.29, 1.82) is 0 Å². The van der Waals surface area contributed by atoms with Crippen LogP contribution in [0.1, 0.15) is 65.7 Å². The highest BCUT2D eigenvalue weighted by atomic mass is 16.1. The van der Waals surface area contributed by atoms with Crippen molar-refractivity contribution in [3.05, 3.63) is 22.8 Å². The van der Waals surface area contributed by atoms with Gasteiger partial charge < -0.3 is 0 Å². The molecule has 0 aromatic heterocycles. The average molecular weight is 284 g/mol. The van der Waals surface area contributed by atoms with Crippen LogP contribution in [0, 0.1) is 29.1 Å². The molecule has 21 heavy (non-hydrogen) atoms. The fourth-order valence-corrected chi connectivity index (χ4v) is 6.09. The Morgan fingerprint density at radius 2 is 1.95 bits per heavy atom. The van der Waals surface area contributed by atoms with Crippen LogP contribution in [0.15, 0.2) is 22.8 Å². The lowest BCUT2D eigenvalue weighted by Crippen LogP contribution is -2.47. The quantitative estimate of drug-likeness (QED) is 0.567. The number of hydrogen-bond donors (Lipinski definition) is 0. The van der Waals surface area contributed by atoms with Gasteiger partial charge in [0.15, 0.2) is 0 Å². The summed E-state index contributed by atoms with van der Waals surface area (Å²) in [6, 6.07) is 0. The van der Waals surface area contributed by atoms with Gasteiger partial charge in [-0.05, 0) is 75.5 Å². The van der Waals surface area contributed by atoms with Gasteiger partial charge in [-0.15, -0.1) is 0 Å². The van der Waals surface area contributed by atoms with Gasteiger partial charge in [0.05, 0.1) is 0 Å². The van der Waals surface area contributed by atoms with Gasteiger partial charge in [-0.2, -0.15) is 0 Å². The summed E-state index contributed by atoms with van der Waals surface area (Å²) in [7, 11) is 0. The van der Waals surface area contributed by atoms with E-state index in [0.29, 0.717) is 23.0 Å². The first-order valence-electron chi connectivity index (χ1n) is 8.90. The molecule has 5 aliphatic carbocycles. The lowest BCUT2D eigenvalue weighted by molar-refractivity contribution is -0.126. The second-order valence-corrected chi connectivity index (χ2v) is 8.36. The summed E-state index contributed by atoms with van der Waals surface area (Å²) in [5.74, 6) is 3.02. The molecule has 114 valence electrons. The first-order valence-corrected chi connectivity index (χ1v) is 8.90. The molecule has 5 rings (SSSR count). The van der Waals surface area contributed by atoms with Crippen molar-refractivity contribution in [2.45, 2.75) is 65.7 Å². The van der Waals surface area contributed by atoms with E-state index >= 15 is 0 Å². The summed E-state index contributed by atoms with van der Waals surface area (Å²) in [6.45, 7) is 7.07. The summed E-state index contributed by atoms with van der Waals surface area (Å²) in [6.07, 6.45) is 10.7. The van der Waals surface area contributed by atoms with Gasteiger partial charge in [0, 0.05) is 12.3 Å². The molecule has 0 saturated heterocycles. The summed E-state index contributed by atoms with van der Waals surface area (Å²) < 4.78 is 0. The molecule has 2 saturated carbocycles. The Kier molecular flexibility index (Phi) is 3.00. The molecule has 0 heterocycles. The third-order valence-electron chi connectivity index (χ3n) is 7.58. The van der Waals surface area contributed by atoms with Gasteiger partial charge in [0.1, 0.15) is 5.78 Å². The Bertz CT molecular complexity index is 552. The van der Waals surface area contributed by atoms with Gasteiger partial charge in [0.25, 0.3) is 0 Å². The maximum absolute atomic E-state index is 12.9. The number of ketones is 1. The van der Waals surface area contributed by atoms with Crippen LogP contribution < -0.4 is 0 Å². The highest BCUT2D eigenvalue weighted by Gasteiger charge is 2.51. The van der Waals surface area contributed by atoms with Gasteiger partial charge in [-0.1, -0.05) is 29.7 Å². The van der Waals surface area contributed by atoms with Crippen LogP contribution in [-0.2, 0) is 4.79 Å². The molecule has 0 aliphatic heterocycles. The molecule has 5 aliphatic rings. The molecule has 0 radical (unpaired) electrons. The number of allylic oxidation sites excluding steroid dienone is 4. The van der Waals surface area contributed by atoms with E-state index in [1.54, 1.807) is 11.1 Å². The topological polar surface area (TPSA) is 17.1 Å². The van der Waals surface area contributed by atoms with E-state index in [1.165, 1.54) is 31.3 Å². The number of rotatable bonds is 0. The van der Waals surface area contributed by atoms with Crippen molar-refractivity contribution in [2.75, 3.05) is 0 Å². The summed E-state index contributed by atoms with van der Waals surface area (Å²) in [5, 5.41) is 0. The predicted octanol–water partition coefficient (Wildman–Crippen LogP) is 5.07. The van der Waals surface area contributed by atoms with Gasteiger partial charge >= 0.3 is 0 Å². The van der Waals surface area contributed by atoms with Crippen molar-refractivity contribution >= 4 is 5.78 Å². The van der Waals surface area contributed by atoms with E-state index < -0.39 is 0 Å². The summed E-state index contributed by atoms with van der Waals surface area (Å²) in [5.41, 5.74) is 4.99. The molecule has 0 spiro atoms. The van der Waals surface area contributed by atoms with Crippen molar-refractivity contribution in [1.82, 2.24) is 0 Å². The van der Waals surface area contributed by atoms with Gasteiger partial charge in [-0.3, -0.25) is 4.79 Å². The van der Waals surface area contributed by atoms with E-state index in [4.69, 9.17) is 0 Å². The molecule has 2 fully saturated rings. The number of Topliss-reactive ketones (excluding diaryl/α,β-unsaturated/α-hetero) is 1. The molecule has 5 atom stereocenters. The van der Waals surface area contributed by atoms with Crippen LogP contribution in [-0.4, -0.2) is 5.78 Å². The monoisotopic (exact) mass is 284 g/mol. The molecule has 0 N–H and O–H groups in total. The Balaban J connectivity index is 1.80. The number of hydrogen-bond acceptors (Lipinski definition) is 1. The van der Waals surface area contributed by atoms with Gasteiger partial charge in [-0.25, -0.2) is 0 Å². The molecule has 1 unspecified atom stereocenters. The largest absolute Gasteiger partial charge is 0.299 e. The zero-order valence-corrected chi connectivity index (χ0v) is 13.7. The smallest absolute Gasteiger partial charge is 0.140 e. The van der Waals surface area contributed by atoms with Crippen molar-refractivity contribution in [2.24, 2.45) is 29.1 Å². The van der Waals surface area contributed by atoms with Crippen molar-refractivity contribution in [3.63, 3.8) is 0 Å². The molecule has 0 aromatic carbocycles. The van der Waals surface area contributed by atoms with Crippen LogP contribution in [0.4, 0.5) is 0 Å². The third kappa shape index (κ3) is 1.85.